The van der Waals surface area contributed by atoms with Crippen LogP contribution in [0.5, 0.6) is 0 Å². The number of carboxylic acids is 1. The van der Waals surface area contributed by atoms with Crippen LogP contribution in [0.1, 0.15) is 81.2 Å². The summed E-state index contributed by atoms with van der Waals surface area (Å²) in [6.45, 7) is 10.6. The first kappa shape index (κ1) is 27.3. The first-order valence-corrected chi connectivity index (χ1v) is 13.0. The Morgan fingerprint density at radius 1 is 0.861 bits per heavy atom. The monoisotopic (exact) mass is 485 g/mol. The Kier molecular flexibility index (Phi) is 8.86. The van der Waals surface area contributed by atoms with Gasteiger partial charge in [-0.15, -0.1) is 0 Å². The predicted octanol–water partition coefficient (Wildman–Crippen LogP) is 7.35. The standard InChI is InChI=1S/C32H39NO3/c1-6-31(36,7-2)17-16-25-10-15-29(18-23(25)5)32(8-3,9-4)28-13-11-26(12-14-28)27-19-24(20-30(34)35)21-33-22-27/h10-19,21-22,36H,6-9,20H2,1-5H3,(H,34,35). The lowest BCUT2D eigenvalue weighted by molar-refractivity contribution is -0.136. The Bertz CT molecular complexity index is 1200. The third-order valence-corrected chi connectivity index (χ3v) is 7.75. The molecule has 0 saturated heterocycles. The van der Waals surface area contributed by atoms with Gasteiger partial charge in [-0.25, -0.2) is 0 Å². The van der Waals surface area contributed by atoms with E-state index in [1.165, 1.54) is 16.7 Å². The first-order valence-electron chi connectivity index (χ1n) is 13.0. The van der Waals surface area contributed by atoms with Crippen LogP contribution in [-0.4, -0.2) is 26.8 Å². The Morgan fingerprint density at radius 3 is 2.06 bits per heavy atom. The average molecular weight is 486 g/mol. The van der Waals surface area contributed by atoms with Gasteiger partial charge in [0.2, 0.25) is 0 Å². The summed E-state index contributed by atoms with van der Waals surface area (Å²) in [4.78, 5) is 15.3. The molecule has 190 valence electrons. The highest BCUT2D eigenvalue weighted by Gasteiger charge is 2.31. The van der Waals surface area contributed by atoms with Gasteiger partial charge in [-0.2, -0.15) is 0 Å². The molecule has 1 aromatic heterocycles. The number of aromatic nitrogens is 1. The molecule has 1 heterocycles. The number of benzene rings is 2. The molecule has 2 aromatic carbocycles. The van der Waals surface area contributed by atoms with E-state index in [2.05, 4.69) is 68.2 Å². The lowest BCUT2D eigenvalue weighted by Crippen LogP contribution is -2.26. The lowest BCUT2D eigenvalue weighted by Gasteiger charge is -2.34. The molecule has 3 rings (SSSR count). The fourth-order valence-corrected chi connectivity index (χ4v) is 5.02. The van der Waals surface area contributed by atoms with Gasteiger partial charge in [-0.1, -0.05) is 82.3 Å². The van der Waals surface area contributed by atoms with E-state index in [-0.39, 0.29) is 11.8 Å². The quantitative estimate of drug-likeness (QED) is 0.298. The van der Waals surface area contributed by atoms with Crippen LogP contribution >= 0.6 is 0 Å². The van der Waals surface area contributed by atoms with Crippen LogP contribution in [0.3, 0.4) is 0 Å². The van der Waals surface area contributed by atoms with E-state index in [4.69, 9.17) is 5.11 Å². The van der Waals surface area contributed by atoms with Crippen molar-refractivity contribution in [3.05, 3.63) is 94.8 Å². The molecular formula is C32H39NO3. The Balaban J connectivity index is 1.94. The van der Waals surface area contributed by atoms with E-state index in [1.54, 1.807) is 12.4 Å². The number of rotatable bonds is 11. The fourth-order valence-electron chi connectivity index (χ4n) is 5.02. The van der Waals surface area contributed by atoms with Crippen LogP contribution in [-0.2, 0) is 16.6 Å². The maximum Gasteiger partial charge on any atom is 0.307 e. The minimum absolute atomic E-state index is 0.0333. The van der Waals surface area contributed by atoms with Gasteiger partial charge in [-0.05, 0) is 72.1 Å². The molecular weight excluding hydrogens is 446 g/mol. The van der Waals surface area contributed by atoms with E-state index in [9.17, 15) is 9.90 Å². The molecule has 0 aliphatic rings. The summed E-state index contributed by atoms with van der Waals surface area (Å²) in [6, 6.07) is 17.2. The summed E-state index contributed by atoms with van der Waals surface area (Å²) in [6.07, 6.45) is 10.7. The fraction of sp³-hybridized carbons (Fsp3) is 0.375. The zero-order valence-electron chi connectivity index (χ0n) is 22.2. The maximum absolute atomic E-state index is 11.1. The van der Waals surface area contributed by atoms with Gasteiger partial charge < -0.3 is 10.2 Å². The number of aliphatic hydroxyl groups is 1. The van der Waals surface area contributed by atoms with Crippen molar-refractivity contribution in [2.24, 2.45) is 0 Å². The number of aliphatic carboxylic acids is 1. The number of nitrogens with zero attached hydrogens (tertiary/aromatic N) is 1. The summed E-state index contributed by atoms with van der Waals surface area (Å²) in [5.41, 5.74) is 6.66. The Morgan fingerprint density at radius 2 is 1.50 bits per heavy atom. The SMILES string of the molecule is CCC(O)(C=Cc1ccc(C(CC)(CC)c2ccc(-c3cncc(CC(=O)O)c3)cc2)cc1C)CC. The van der Waals surface area contributed by atoms with Gasteiger partial charge in [-0.3, -0.25) is 9.78 Å². The van der Waals surface area contributed by atoms with Crippen molar-refractivity contribution in [3.8, 4) is 11.1 Å². The molecule has 0 aliphatic carbocycles. The Hall–Kier alpha value is -3.24. The lowest BCUT2D eigenvalue weighted by atomic mass is 9.70. The number of carbonyl (C=O) groups is 1. The van der Waals surface area contributed by atoms with E-state index >= 15 is 0 Å². The molecule has 0 unspecified atom stereocenters. The zero-order chi connectivity index (χ0) is 26.3. The van der Waals surface area contributed by atoms with E-state index in [0.717, 1.165) is 29.5 Å². The second-order valence-corrected chi connectivity index (χ2v) is 9.73. The average Bonchev–Trinajstić information content (AvgIpc) is 2.89. The van der Waals surface area contributed by atoms with Gasteiger partial charge in [0.05, 0.1) is 12.0 Å². The molecule has 4 nitrogen and oxygen atoms in total. The molecule has 0 amide bonds. The van der Waals surface area contributed by atoms with E-state index in [0.29, 0.717) is 18.4 Å². The third kappa shape index (κ3) is 5.93. The number of hydrogen-bond donors (Lipinski definition) is 2. The van der Waals surface area contributed by atoms with Crippen LogP contribution in [0.4, 0.5) is 0 Å². The maximum atomic E-state index is 11.1. The van der Waals surface area contributed by atoms with Crippen molar-refractivity contribution in [1.82, 2.24) is 4.98 Å². The number of pyridine rings is 1. The molecule has 0 bridgehead atoms. The molecule has 0 atom stereocenters. The minimum atomic E-state index is -0.858. The highest BCUT2D eigenvalue weighted by molar-refractivity contribution is 5.72. The van der Waals surface area contributed by atoms with Crippen LogP contribution in [0.15, 0.2) is 67.0 Å². The molecule has 0 radical (unpaired) electrons. The number of hydrogen-bond acceptors (Lipinski definition) is 3. The molecule has 0 fully saturated rings. The van der Waals surface area contributed by atoms with Crippen LogP contribution in [0, 0.1) is 6.92 Å². The van der Waals surface area contributed by atoms with Gasteiger partial charge in [0, 0.05) is 23.4 Å². The number of carboxylic acid groups (broad SMARTS) is 1. The smallest absolute Gasteiger partial charge is 0.307 e. The third-order valence-electron chi connectivity index (χ3n) is 7.75. The van der Waals surface area contributed by atoms with Gasteiger partial charge in [0.15, 0.2) is 0 Å². The van der Waals surface area contributed by atoms with Crippen molar-refractivity contribution in [2.75, 3.05) is 0 Å². The molecule has 0 spiro atoms. The van der Waals surface area contributed by atoms with Crippen molar-refractivity contribution in [3.63, 3.8) is 0 Å². The summed E-state index contributed by atoms with van der Waals surface area (Å²) in [5, 5.41) is 19.7. The highest BCUT2D eigenvalue weighted by Crippen LogP contribution is 2.40. The second-order valence-electron chi connectivity index (χ2n) is 9.73. The van der Waals surface area contributed by atoms with E-state index in [1.807, 2.05) is 32.1 Å². The molecule has 2 N–H and O–H groups in total. The van der Waals surface area contributed by atoms with Crippen LogP contribution in [0.25, 0.3) is 17.2 Å². The van der Waals surface area contributed by atoms with Crippen molar-refractivity contribution in [1.29, 1.82) is 0 Å². The van der Waals surface area contributed by atoms with Crippen molar-refractivity contribution >= 4 is 12.0 Å². The molecule has 4 heteroatoms. The van der Waals surface area contributed by atoms with Crippen LogP contribution < -0.4 is 0 Å². The highest BCUT2D eigenvalue weighted by atomic mass is 16.4. The zero-order valence-corrected chi connectivity index (χ0v) is 22.2. The van der Waals surface area contributed by atoms with Gasteiger partial charge in [0.25, 0.3) is 0 Å². The first-order chi connectivity index (χ1) is 17.2. The molecule has 0 aliphatic heterocycles. The topological polar surface area (TPSA) is 70.4 Å². The normalized spacial score (nSPS) is 12.3. The van der Waals surface area contributed by atoms with Crippen molar-refractivity contribution in [2.45, 2.75) is 77.7 Å². The second kappa shape index (κ2) is 11.7. The van der Waals surface area contributed by atoms with Crippen molar-refractivity contribution < 1.29 is 15.0 Å². The molecule has 36 heavy (non-hydrogen) atoms. The van der Waals surface area contributed by atoms with Gasteiger partial charge in [0.1, 0.15) is 0 Å². The predicted molar refractivity (Wildman–Crippen MR) is 148 cm³/mol. The Labute approximate surface area is 215 Å². The summed E-state index contributed by atoms with van der Waals surface area (Å²) >= 11 is 0. The summed E-state index contributed by atoms with van der Waals surface area (Å²) in [5.74, 6) is -0.858. The molecule has 0 saturated carbocycles. The summed E-state index contributed by atoms with van der Waals surface area (Å²) < 4.78 is 0. The van der Waals surface area contributed by atoms with E-state index < -0.39 is 11.6 Å². The van der Waals surface area contributed by atoms with Crippen LogP contribution in [0.2, 0.25) is 0 Å². The number of aryl methyl sites for hydroxylation is 1. The largest absolute Gasteiger partial charge is 0.481 e. The minimum Gasteiger partial charge on any atom is -0.481 e. The summed E-state index contributed by atoms with van der Waals surface area (Å²) in [7, 11) is 0. The molecule has 3 aromatic rings. The van der Waals surface area contributed by atoms with Gasteiger partial charge >= 0.3 is 5.97 Å².